The van der Waals surface area contributed by atoms with E-state index in [1.54, 1.807) is 18.2 Å². The first-order valence-electron chi connectivity index (χ1n) is 11.6. The largest absolute Gasteiger partial charge is 0.454 e. The van der Waals surface area contributed by atoms with Crippen LogP contribution in [0, 0.1) is 5.92 Å². The van der Waals surface area contributed by atoms with E-state index in [0.717, 1.165) is 24.8 Å². The van der Waals surface area contributed by atoms with E-state index in [1.807, 2.05) is 51.9 Å². The van der Waals surface area contributed by atoms with Gasteiger partial charge in [-0.2, -0.15) is 11.3 Å². The molecule has 2 aliphatic heterocycles. The maximum Gasteiger partial charge on any atom is 0.254 e. The lowest BCUT2D eigenvalue weighted by Gasteiger charge is -2.40. The molecule has 6 nitrogen and oxygen atoms in total. The summed E-state index contributed by atoms with van der Waals surface area (Å²) in [4.78, 5) is 30.1. The van der Waals surface area contributed by atoms with Crippen molar-refractivity contribution in [3.05, 3.63) is 82.0 Å². The van der Waals surface area contributed by atoms with Gasteiger partial charge in [-0.1, -0.05) is 30.3 Å². The van der Waals surface area contributed by atoms with Crippen molar-refractivity contribution in [2.75, 3.05) is 26.9 Å². The highest BCUT2D eigenvalue weighted by molar-refractivity contribution is 7.08. The number of carbonyl (C=O) groups excluding carboxylic acids is 2. The van der Waals surface area contributed by atoms with Gasteiger partial charge in [-0.3, -0.25) is 9.59 Å². The van der Waals surface area contributed by atoms with Gasteiger partial charge in [-0.25, -0.2) is 0 Å². The van der Waals surface area contributed by atoms with Crippen molar-refractivity contribution in [1.82, 2.24) is 9.80 Å². The highest BCUT2D eigenvalue weighted by atomic mass is 32.1. The second-order valence-electron chi connectivity index (χ2n) is 8.88. The number of amides is 2. The average Bonchev–Trinajstić information content (AvgIpc) is 3.59. The summed E-state index contributed by atoms with van der Waals surface area (Å²) in [5.74, 6) is 1.68. The zero-order valence-corrected chi connectivity index (χ0v) is 20.0. The number of piperidine rings is 1. The predicted octanol–water partition coefficient (Wildman–Crippen LogP) is 4.71. The van der Waals surface area contributed by atoms with Crippen molar-refractivity contribution in [2.24, 2.45) is 5.92 Å². The van der Waals surface area contributed by atoms with E-state index in [9.17, 15) is 9.59 Å². The zero-order chi connectivity index (χ0) is 23.5. The van der Waals surface area contributed by atoms with E-state index in [4.69, 9.17) is 9.47 Å². The first-order valence-corrected chi connectivity index (χ1v) is 12.6. The molecule has 176 valence electrons. The molecule has 0 saturated carbocycles. The van der Waals surface area contributed by atoms with Crippen molar-refractivity contribution >= 4 is 23.2 Å². The lowest BCUT2D eigenvalue weighted by molar-refractivity contribution is 0.0522. The predicted molar refractivity (Wildman–Crippen MR) is 132 cm³/mol. The fourth-order valence-corrected chi connectivity index (χ4v) is 5.55. The molecule has 0 bridgehead atoms. The standard InChI is InChI=1S/C27H28N2O4S/c1-28(26(30)22-11-14-34-17-22)23(15-19-5-3-2-4-6-19)20-9-12-29(13-10-20)27(31)21-7-8-24-25(16-21)33-18-32-24/h2-8,11,14,16-17,20,23H,9-10,12-13,15,18H2,1H3. The molecule has 1 fully saturated rings. The monoisotopic (exact) mass is 476 g/mol. The number of thiophene rings is 1. The number of benzene rings is 2. The number of fused-ring (bicyclic) bond motifs is 1. The Hall–Kier alpha value is -3.32. The Kier molecular flexibility index (Phi) is 6.54. The minimum absolute atomic E-state index is 0.0130. The maximum absolute atomic E-state index is 13.2. The van der Waals surface area contributed by atoms with Gasteiger partial charge in [-0.15, -0.1) is 0 Å². The van der Waals surface area contributed by atoms with Crippen molar-refractivity contribution in [2.45, 2.75) is 25.3 Å². The minimum atomic E-state index is 0.0130. The molecule has 34 heavy (non-hydrogen) atoms. The van der Waals surface area contributed by atoms with Crippen molar-refractivity contribution < 1.29 is 19.1 Å². The number of hydrogen-bond donors (Lipinski definition) is 0. The van der Waals surface area contributed by atoms with Crippen LogP contribution in [0.1, 0.15) is 39.1 Å². The molecular weight excluding hydrogens is 448 g/mol. The number of nitrogens with zero attached hydrogens (tertiary/aromatic N) is 2. The van der Waals surface area contributed by atoms with Gasteiger partial charge in [0.15, 0.2) is 11.5 Å². The first-order chi connectivity index (χ1) is 16.6. The van der Waals surface area contributed by atoms with Crippen LogP contribution in [0.2, 0.25) is 0 Å². The molecule has 1 saturated heterocycles. The molecule has 3 aromatic rings. The molecule has 1 atom stereocenters. The van der Waals surface area contributed by atoms with Crippen molar-refractivity contribution in [3.8, 4) is 11.5 Å². The van der Waals surface area contributed by atoms with Gasteiger partial charge in [0.2, 0.25) is 6.79 Å². The van der Waals surface area contributed by atoms with E-state index in [-0.39, 0.29) is 24.6 Å². The van der Waals surface area contributed by atoms with Crippen LogP contribution in [-0.4, -0.2) is 54.6 Å². The van der Waals surface area contributed by atoms with Gasteiger partial charge >= 0.3 is 0 Å². The number of likely N-dealkylation sites (N-methyl/N-ethyl adjacent to an activating group) is 1. The fourth-order valence-electron chi connectivity index (χ4n) is 4.92. The third-order valence-electron chi connectivity index (χ3n) is 6.86. The number of rotatable bonds is 6. The summed E-state index contributed by atoms with van der Waals surface area (Å²) in [5.41, 5.74) is 2.57. The summed E-state index contributed by atoms with van der Waals surface area (Å²) in [6, 6.07) is 17.6. The van der Waals surface area contributed by atoms with Gasteiger partial charge in [0.1, 0.15) is 0 Å². The van der Waals surface area contributed by atoms with Crippen molar-refractivity contribution in [1.29, 1.82) is 0 Å². The van der Waals surface area contributed by atoms with E-state index in [2.05, 4.69) is 12.1 Å². The van der Waals surface area contributed by atoms with Crippen LogP contribution in [0.4, 0.5) is 0 Å². The summed E-state index contributed by atoms with van der Waals surface area (Å²) in [6.45, 7) is 1.53. The smallest absolute Gasteiger partial charge is 0.254 e. The third-order valence-corrected chi connectivity index (χ3v) is 7.55. The van der Waals surface area contributed by atoms with Gasteiger partial charge in [0.05, 0.1) is 5.56 Å². The van der Waals surface area contributed by atoms with Gasteiger partial charge in [-0.05, 0) is 60.4 Å². The molecule has 2 amide bonds. The first kappa shape index (κ1) is 22.5. The van der Waals surface area contributed by atoms with Crippen LogP contribution < -0.4 is 9.47 Å². The summed E-state index contributed by atoms with van der Waals surface area (Å²) >= 11 is 1.54. The van der Waals surface area contributed by atoms with Gasteiger partial charge in [0.25, 0.3) is 11.8 Å². The molecular formula is C27H28N2O4S. The van der Waals surface area contributed by atoms with E-state index in [1.165, 1.54) is 16.9 Å². The van der Waals surface area contributed by atoms with E-state index in [0.29, 0.717) is 36.1 Å². The Morgan fingerprint density at radius 1 is 1.03 bits per heavy atom. The quantitative estimate of drug-likeness (QED) is 0.517. The normalized spacial score (nSPS) is 16.3. The van der Waals surface area contributed by atoms with Gasteiger partial charge < -0.3 is 19.3 Å². The summed E-state index contributed by atoms with van der Waals surface area (Å²) < 4.78 is 10.8. The second kappa shape index (κ2) is 9.89. The topological polar surface area (TPSA) is 59.1 Å². The Labute approximate surface area is 203 Å². The van der Waals surface area contributed by atoms with E-state index >= 15 is 0 Å². The Balaban J connectivity index is 1.29. The molecule has 5 rings (SSSR count). The summed E-state index contributed by atoms with van der Waals surface area (Å²) in [6.07, 6.45) is 2.51. The maximum atomic E-state index is 13.2. The van der Waals surface area contributed by atoms with Crippen LogP contribution >= 0.6 is 11.3 Å². The number of hydrogen-bond acceptors (Lipinski definition) is 5. The molecule has 0 radical (unpaired) electrons. The van der Waals surface area contributed by atoms with E-state index < -0.39 is 0 Å². The number of likely N-dealkylation sites (tertiary alicyclic amines) is 1. The fraction of sp³-hybridized carbons (Fsp3) is 0.333. The lowest BCUT2D eigenvalue weighted by Crippen LogP contribution is -2.48. The Bertz CT molecular complexity index is 1140. The van der Waals surface area contributed by atoms with Crippen LogP contribution in [0.5, 0.6) is 11.5 Å². The zero-order valence-electron chi connectivity index (χ0n) is 19.2. The van der Waals surface area contributed by atoms with Crippen LogP contribution in [-0.2, 0) is 6.42 Å². The molecule has 0 spiro atoms. The molecule has 2 aromatic carbocycles. The molecule has 2 aliphatic rings. The second-order valence-corrected chi connectivity index (χ2v) is 9.66. The average molecular weight is 477 g/mol. The lowest BCUT2D eigenvalue weighted by atomic mass is 9.84. The molecule has 3 heterocycles. The number of carbonyl (C=O) groups is 2. The molecule has 1 aromatic heterocycles. The Morgan fingerprint density at radius 2 is 1.79 bits per heavy atom. The minimum Gasteiger partial charge on any atom is -0.454 e. The molecule has 0 aliphatic carbocycles. The van der Waals surface area contributed by atoms with Crippen LogP contribution in [0.25, 0.3) is 0 Å². The van der Waals surface area contributed by atoms with Crippen LogP contribution in [0.15, 0.2) is 65.4 Å². The molecule has 0 N–H and O–H groups in total. The highest BCUT2D eigenvalue weighted by Crippen LogP contribution is 2.34. The summed E-state index contributed by atoms with van der Waals surface area (Å²) in [7, 11) is 1.91. The highest BCUT2D eigenvalue weighted by Gasteiger charge is 2.33. The molecule has 7 heteroatoms. The SMILES string of the molecule is CN(C(=O)c1ccsc1)C(Cc1ccccc1)C1CCN(C(=O)c2ccc3c(c2)OCO3)CC1. The summed E-state index contributed by atoms with van der Waals surface area (Å²) in [5, 5.41) is 3.85. The Morgan fingerprint density at radius 3 is 2.53 bits per heavy atom. The third kappa shape index (κ3) is 4.66. The van der Waals surface area contributed by atoms with Gasteiger partial charge in [0, 0.05) is 37.1 Å². The number of ether oxygens (including phenoxy) is 2. The van der Waals surface area contributed by atoms with Crippen LogP contribution in [0.3, 0.4) is 0 Å². The van der Waals surface area contributed by atoms with Crippen molar-refractivity contribution in [3.63, 3.8) is 0 Å². The molecule has 1 unspecified atom stereocenters.